The molecule has 0 spiro atoms. The van der Waals surface area contributed by atoms with Gasteiger partial charge in [0, 0.05) is 12.5 Å². The topological polar surface area (TPSA) is 114 Å². The SMILES string of the molecule is O=C(O)COCCNC(=O)c1cc(F)ccc1NC(=O)OCC1c2ccccc2-c2ccccc21. The minimum absolute atomic E-state index is 0.00696. The van der Waals surface area contributed by atoms with Crippen LogP contribution in [0.4, 0.5) is 14.9 Å². The predicted octanol–water partition coefficient (Wildman–Crippen LogP) is 4.02. The number of rotatable bonds is 9. The van der Waals surface area contributed by atoms with Crippen molar-refractivity contribution in [2.75, 3.05) is 31.7 Å². The molecule has 0 saturated heterocycles. The summed E-state index contributed by atoms with van der Waals surface area (Å²) in [6.07, 6.45) is -0.780. The van der Waals surface area contributed by atoms with E-state index in [4.69, 9.17) is 14.6 Å². The van der Waals surface area contributed by atoms with E-state index >= 15 is 0 Å². The number of hydrogen-bond acceptors (Lipinski definition) is 5. The fourth-order valence-electron chi connectivity index (χ4n) is 4.05. The van der Waals surface area contributed by atoms with Gasteiger partial charge in [0.2, 0.25) is 0 Å². The molecule has 0 fully saturated rings. The number of anilines is 1. The maximum absolute atomic E-state index is 13.8. The van der Waals surface area contributed by atoms with E-state index in [0.717, 1.165) is 34.4 Å². The van der Waals surface area contributed by atoms with Crippen LogP contribution in [0, 0.1) is 5.82 Å². The maximum Gasteiger partial charge on any atom is 0.411 e. The molecule has 0 saturated carbocycles. The first-order chi connectivity index (χ1) is 16.9. The summed E-state index contributed by atoms with van der Waals surface area (Å²) in [7, 11) is 0. The van der Waals surface area contributed by atoms with Crippen molar-refractivity contribution in [1.29, 1.82) is 0 Å². The van der Waals surface area contributed by atoms with Gasteiger partial charge in [-0.2, -0.15) is 0 Å². The zero-order chi connectivity index (χ0) is 24.8. The van der Waals surface area contributed by atoms with Crippen LogP contribution in [0.25, 0.3) is 11.1 Å². The lowest BCUT2D eigenvalue weighted by Crippen LogP contribution is -2.29. The molecule has 0 unspecified atom stereocenters. The summed E-state index contributed by atoms with van der Waals surface area (Å²) in [5, 5.41) is 13.6. The van der Waals surface area contributed by atoms with Crippen LogP contribution in [-0.2, 0) is 14.3 Å². The molecule has 2 amide bonds. The van der Waals surface area contributed by atoms with Crippen molar-refractivity contribution in [3.63, 3.8) is 0 Å². The number of benzene rings is 3. The first-order valence-electron chi connectivity index (χ1n) is 10.9. The quantitative estimate of drug-likeness (QED) is 0.401. The van der Waals surface area contributed by atoms with Gasteiger partial charge in [-0.15, -0.1) is 0 Å². The fourth-order valence-corrected chi connectivity index (χ4v) is 4.05. The molecule has 9 heteroatoms. The average Bonchev–Trinajstić information content (AvgIpc) is 3.17. The largest absolute Gasteiger partial charge is 0.480 e. The van der Waals surface area contributed by atoms with Gasteiger partial charge >= 0.3 is 12.1 Å². The third kappa shape index (κ3) is 5.64. The minimum atomic E-state index is -1.13. The molecule has 3 aromatic rings. The molecular formula is C26H23FN2O6. The predicted molar refractivity (Wildman–Crippen MR) is 126 cm³/mol. The van der Waals surface area contributed by atoms with Crippen molar-refractivity contribution in [2.45, 2.75) is 5.92 Å². The van der Waals surface area contributed by atoms with E-state index in [1.165, 1.54) is 6.07 Å². The lowest BCUT2D eigenvalue weighted by Gasteiger charge is -2.16. The number of nitrogens with one attached hydrogen (secondary N) is 2. The zero-order valence-electron chi connectivity index (χ0n) is 18.6. The summed E-state index contributed by atoms with van der Waals surface area (Å²) in [6, 6.07) is 19.3. The summed E-state index contributed by atoms with van der Waals surface area (Å²) >= 11 is 0. The number of carboxylic acids is 1. The molecule has 8 nitrogen and oxygen atoms in total. The van der Waals surface area contributed by atoms with Gasteiger partial charge in [0.25, 0.3) is 5.91 Å². The molecule has 0 aliphatic heterocycles. The van der Waals surface area contributed by atoms with Crippen molar-refractivity contribution >= 4 is 23.7 Å². The Balaban J connectivity index is 1.39. The number of carbonyl (C=O) groups is 3. The van der Waals surface area contributed by atoms with Gasteiger partial charge in [0.1, 0.15) is 19.0 Å². The Kier molecular flexibility index (Phi) is 7.37. The monoisotopic (exact) mass is 478 g/mol. The Labute approximate surface area is 200 Å². The molecule has 1 aliphatic rings. The van der Waals surface area contributed by atoms with E-state index in [1.807, 2.05) is 48.5 Å². The van der Waals surface area contributed by atoms with Crippen molar-refractivity contribution in [3.8, 4) is 11.1 Å². The zero-order valence-corrected chi connectivity index (χ0v) is 18.6. The molecule has 1 aliphatic carbocycles. The van der Waals surface area contributed by atoms with Crippen LogP contribution in [-0.4, -0.2) is 49.4 Å². The molecule has 0 bridgehead atoms. The highest BCUT2D eigenvalue weighted by Crippen LogP contribution is 2.44. The van der Waals surface area contributed by atoms with Gasteiger partial charge in [-0.1, -0.05) is 48.5 Å². The first-order valence-corrected chi connectivity index (χ1v) is 10.9. The van der Waals surface area contributed by atoms with Gasteiger partial charge < -0.3 is 19.9 Å². The first kappa shape index (κ1) is 23.9. The Bertz CT molecular complexity index is 1220. The number of fused-ring (bicyclic) bond motifs is 3. The molecule has 35 heavy (non-hydrogen) atoms. The number of hydrogen-bond donors (Lipinski definition) is 3. The van der Waals surface area contributed by atoms with E-state index in [-0.39, 0.29) is 36.9 Å². The molecule has 180 valence electrons. The normalized spacial score (nSPS) is 11.9. The van der Waals surface area contributed by atoms with E-state index in [0.29, 0.717) is 0 Å². The second-order valence-corrected chi connectivity index (χ2v) is 7.84. The van der Waals surface area contributed by atoms with Crippen molar-refractivity contribution in [3.05, 3.63) is 89.2 Å². The smallest absolute Gasteiger partial charge is 0.411 e. The molecule has 4 rings (SSSR count). The summed E-state index contributed by atoms with van der Waals surface area (Å²) in [6.45, 7) is -0.441. The minimum Gasteiger partial charge on any atom is -0.480 e. The van der Waals surface area contributed by atoms with Crippen LogP contribution >= 0.6 is 0 Å². The highest BCUT2D eigenvalue weighted by Gasteiger charge is 2.29. The number of halogens is 1. The van der Waals surface area contributed by atoms with Gasteiger partial charge in [0.15, 0.2) is 0 Å². The fraction of sp³-hybridized carbons (Fsp3) is 0.192. The van der Waals surface area contributed by atoms with Crippen LogP contribution in [0.15, 0.2) is 66.7 Å². The van der Waals surface area contributed by atoms with Crippen molar-refractivity contribution < 1.29 is 33.4 Å². The molecule has 0 atom stereocenters. The van der Waals surface area contributed by atoms with E-state index in [9.17, 15) is 18.8 Å². The molecular weight excluding hydrogens is 455 g/mol. The van der Waals surface area contributed by atoms with Crippen LogP contribution < -0.4 is 10.6 Å². The second kappa shape index (κ2) is 10.8. The molecule has 0 aromatic heterocycles. The molecule has 3 aromatic carbocycles. The molecule has 0 heterocycles. The summed E-state index contributed by atoms with van der Waals surface area (Å²) in [5.41, 5.74) is 4.30. The summed E-state index contributed by atoms with van der Waals surface area (Å²) in [5.74, 6) is -2.57. The average molecular weight is 478 g/mol. The van der Waals surface area contributed by atoms with Crippen LogP contribution in [0.3, 0.4) is 0 Å². The van der Waals surface area contributed by atoms with Crippen LogP contribution in [0.1, 0.15) is 27.4 Å². The Morgan fingerprint density at radius 2 is 1.60 bits per heavy atom. The molecule has 0 radical (unpaired) electrons. The summed E-state index contributed by atoms with van der Waals surface area (Å²) < 4.78 is 24.1. The standard InChI is InChI=1S/C26H23FN2O6/c27-16-9-10-23(21(13-16)25(32)28-11-12-34-15-24(30)31)29-26(33)35-14-22-19-7-3-1-5-17(19)18-6-2-4-8-20(18)22/h1-10,13,22H,11-12,14-15H2,(H,28,32)(H,29,33)(H,30,31). The highest BCUT2D eigenvalue weighted by atomic mass is 19.1. The van der Waals surface area contributed by atoms with E-state index < -0.39 is 30.4 Å². The number of amides is 2. The van der Waals surface area contributed by atoms with Crippen molar-refractivity contribution in [2.24, 2.45) is 0 Å². The summed E-state index contributed by atoms with van der Waals surface area (Å²) in [4.78, 5) is 35.5. The Morgan fingerprint density at radius 3 is 2.26 bits per heavy atom. The highest BCUT2D eigenvalue weighted by molar-refractivity contribution is 6.02. The van der Waals surface area contributed by atoms with Crippen LogP contribution in [0.2, 0.25) is 0 Å². The van der Waals surface area contributed by atoms with Gasteiger partial charge in [0.05, 0.1) is 17.9 Å². The maximum atomic E-state index is 13.8. The third-order valence-electron chi connectivity index (χ3n) is 5.56. The van der Waals surface area contributed by atoms with Crippen molar-refractivity contribution in [1.82, 2.24) is 5.32 Å². The Hall–Kier alpha value is -4.24. The lowest BCUT2D eigenvalue weighted by molar-refractivity contribution is -0.142. The lowest BCUT2D eigenvalue weighted by atomic mass is 9.98. The van der Waals surface area contributed by atoms with E-state index in [2.05, 4.69) is 10.6 Å². The van der Waals surface area contributed by atoms with Crippen LogP contribution in [0.5, 0.6) is 0 Å². The number of ether oxygens (including phenoxy) is 2. The van der Waals surface area contributed by atoms with Gasteiger partial charge in [-0.3, -0.25) is 10.1 Å². The Morgan fingerprint density at radius 1 is 0.943 bits per heavy atom. The number of aliphatic carboxylic acids is 1. The van der Waals surface area contributed by atoms with Gasteiger partial charge in [-0.05, 0) is 40.5 Å². The van der Waals surface area contributed by atoms with Gasteiger partial charge in [-0.25, -0.2) is 14.0 Å². The second-order valence-electron chi connectivity index (χ2n) is 7.84. The molecule has 3 N–H and O–H groups in total. The number of carbonyl (C=O) groups excluding carboxylic acids is 2. The number of carboxylic acid groups (broad SMARTS) is 1. The third-order valence-corrected chi connectivity index (χ3v) is 5.56. The van der Waals surface area contributed by atoms with E-state index in [1.54, 1.807) is 0 Å².